The van der Waals surface area contributed by atoms with Crippen LogP contribution >= 0.6 is 0 Å². The molecule has 0 aliphatic carbocycles. The molecule has 0 spiro atoms. The van der Waals surface area contributed by atoms with Crippen molar-refractivity contribution < 1.29 is 19.1 Å². The van der Waals surface area contributed by atoms with Crippen molar-refractivity contribution in [3.63, 3.8) is 0 Å². The van der Waals surface area contributed by atoms with E-state index >= 15 is 0 Å². The third kappa shape index (κ3) is 5.93. The zero-order chi connectivity index (χ0) is 23.8. The van der Waals surface area contributed by atoms with Crippen molar-refractivity contribution in [2.45, 2.75) is 38.0 Å². The van der Waals surface area contributed by atoms with Gasteiger partial charge in [-0.05, 0) is 19.3 Å². The van der Waals surface area contributed by atoms with Gasteiger partial charge in [0.1, 0.15) is 19.7 Å². The Morgan fingerprint density at radius 3 is 2.76 bits per heavy atom. The van der Waals surface area contributed by atoms with E-state index in [4.69, 9.17) is 17.6 Å². The largest absolute Gasteiger partial charge is 0.453 e. The minimum atomic E-state index is -0.752. The number of nitrogens with one attached hydrogen (secondary N) is 2. The van der Waals surface area contributed by atoms with Gasteiger partial charge in [-0.2, -0.15) is 0 Å². The number of imidazole rings is 1. The van der Waals surface area contributed by atoms with Crippen molar-refractivity contribution in [1.82, 2.24) is 20.2 Å². The standard InChI is InChI=1S/C24H29BN4O4/c1-4-7-18(27-24(31)32-3)23(30)29-13-6-8-20(29)22-26-19(15-33-14-5-2)21(28-22)16-9-11-17(25)12-10-16/h4-5,9-12,18,20H,1-2,6-8,13-15H2,3H3,(H,26,28)(H,27,31). The average molecular weight is 448 g/mol. The highest BCUT2D eigenvalue weighted by molar-refractivity contribution is 6.32. The maximum absolute atomic E-state index is 13.3. The number of amides is 2. The summed E-state index contributed by atoms with van der Waals surface area (Å²) in [5, 5.41) is 2.60. The topological polar surface area (TPSA) is 96.5 Å². The molecule has 33 heavy (non-hydrogen) atoms. The van der Waals surface area contributed by atoms with Crippen LogP contribution in [0.1, 0.15) is 36.8 Å². The molecule has 9 heteroatoms. The Bertz CT molecular complexity index is 989. The van der Waals surface area contributed by atoms with E-state index in [0.717, 1.165) is 29.8 Å². The maximum atomic E-state index is 13.3. The number of benzene rings is 1. The number of aromatic nitrogens is 2. The second kappa shape index (κ2) is 11.5. The lowest BCUT2D eigenvalue weighted by Crippen LogP contribution is -2.48. The van der Waals surface area contributed by atoms with Crippen molar-refractivity contribution in [2.24, 2.45) is 0 Å². The minimum Gasteiger partial charge on any atom is -0.453 e. The van der Waals surface area contributed by atoms with E-state index in [1.807, 2.05) is 24.3 Å². The lowest BCUT2D eigenvalue weighted by atomic mass is 9.94. The van der Waals surface area contributed by atoms with Gasteiger partial charge in [0.15, 0.2) is 0 Å². The van der Waals surface area contributed by atoms with Crippen molar-refractivity contribution in [2.75, 3.05) is 20.3 Å². The third-order valence-electron chi connectivity index (χ3n) is 5.49. The van der Waals surface area contributed by atoms with Crippen LogP contribution in [0.25, 0.3) is 11.3 Å². The molecule has 3 rings (SSSR count). The predicted molar refractivity (Wildman–Crippen MR) is 127 cm³/mol. The molecule has 1 aliphatic heterocycles. The quantitative estimate of drug-likeness (QED) is 0.331. The van der Waals surface area contributed by atoms with Gasteiger partial charge in [-0.3, -0.25) is 4.79 Å². The summed E-state index contributed by atoms with van der Waals surface area (Å²) >= 11 is 0. The Morgan fingerprint density at radius 1 is 1.33 bits per heavy atom. The van der Waals surface area contributed by atoms with E-state index in [1.54, 1.807) is 17.1 Å². The van der Waals surface area contributed by atoms with Crippen LogP contribution in [-0.4, -0.2) is 61.0 Å². The Morgan fingerprint density at radius 2 is 2.09 bits per heavy atom. The van der Waals surface area contributed by atoms with E-state index in [-0.39, 0.29) is 11.9 Å². The van der Waals surface area contributed by atoms with Gasteiger partial charge in [-0.15, -0.1) is 13.2 Å². The number of likely N-dealkylation sites (tertiary alicyclic amines) is 1. The molecule has 1 fully saturated rings. The Labute approximate surface area is 195 Å². The highest BCUT2D eigenvalue weighted by Crippen LogP contribution is 2.33. The molecule has 2 heterocycles. The zero-order valence-electron chi connectivity index (χ0n) is 18.9. The number of hydrogen-bond acceptors (Lipinski definition) is 5. The van der Waals surface area contributed by atoms with Gasteiger partial charge < -0.3 is 24.7 Å². The number of H-pyrrole nitrogens is 1. The number of hydrogen-bond donors (Lipinski definition) is 2. The molecule has 2 amide bonds. The Kier molecular flexibility index (Phi) is 8.49. The average Bonchev–Trinajstić information content (AvgIpc) is 3.46. The van der Waals surface area contributed by atoms with Crippen LogP contribution in [0.3, 0.4) is 0 Å². The molecular formula is C24H29BN4O4. The van der Waals surface area contributed by atoms with Crippen molar-refractivity contribution >= 4 is 25.3 Å². The number of nitrogens with zero attached hydrogens (tertiary/aromatic N) is 2. The summed E-state index contributed by atoms with van der Waals surface area (Å²) in [5.74, 6) is 0.484. The van der Waals surface area contributed by atoms with Crippen LogP contribution in [0.2, 0.25) is 0 Å². The normalized spacial score (nSPS) is 16.3. The van der Waals surface area contributed by atoms with E-state index in [2.05, 4.69) is 28.2 Å². The summed E-state index contributed by atoms with van der Waals surface area (Å²) in [6.07, 6.45) is 4.52. The molecule has 2 radical (unpaired) electrons. The summed E-state index contributed by atoms with van der Waals surface area (Å²) in [6, 6.07) is 6.46. The van der Waals surface area contributed by atoms with E-state index in [9.17, 15) is 9.59 Å². The highest BCUT2D eigenvalue weighted by atomic mass is 16.5. The zero-order valence-corrected chi connectivity index (χ0v) is 18.9. The maximum Gasteiger partial charge on any atom is 0.407 e. The predicted octanol–water partition coefficient (Wildman–Crippen LogP) is 2.54. The molecule has 2 atom stereocenters. The van der Waals surface area contributed by atoms with Crippen LogP contribution in [0.5, 0.6) is 0 Å². The smallest absolute Gasteiger partial charge is 0.407 e. The number of rotatable bonds is 10. The second-order valence-corrected chi connectivity index (χ2v) is 7.78. The molecule has 8 nitrogen and oxygen atoms in total. The number of ether oxygens (including phenoxy) is 2. The summed E-state index contributed by atoms with van der Waals surface area (Å²) in [6.45, 7) is 8.68. The Balaban J connectivity index is 1.89. The van der Waals surface area contributed by atoms with Gasteiger partial charge in [0, 0.05) is 12.1 Å². The lowest BCUT2D eigenvalue weighted by molar-refractivity contribution is -0.134. The number of aromatic amines is 1. The molecule has 0 saturated carbocycles. The van der Waals surface area contributed by atoms with Gasteiger partial charge in [-0.1, -0.05) is 41.9 Å². The molecule has 1 aromatic heterocycles. The van der Waals surface area contributed by atoms with Crippen LogP contribution in [0, 0.1) is 0 Å². The number of methoxy groups -OCH3 is 1. The molecule has 1 aliphatic rings. The monoisotopic (exact) mass is 448 g/mol. The first-order chi connectivity index (χ1) is 16.0. The Hall–Kier alpha value is -3.33. The van der Waals surface area contributed by atoms with Crippen LogP contribution in [-0.2, 0) is 20.9 Å². The fraction of sp³-hybridized carbons (Fsp3) is 0.375. The number of carbonyl (C=O) groups excluding carboxylic acids is 2. The first-order valence-corrected chi connectivity index (χ1v) is 10.9. The molecule has 2 N–H and O–H groups in total. The molecule has 1 saturated heterocycles. The van der Waals surface area contributed by atoms with Crippen molar-refractivity contribution in [3.05, 3.63) is 61.1 Å². The summed E-state index contributed by atoms with van der Waals surface area (Å²) < 4.78 is 10.3. The summed E-state index contributed by atoms with van der Waals surface area (Å²) in [7, 11) is 7.11. The lowest BCUT2D eigenvalue weighted by Gasteiger charge is -2.27. The van der Waals surface area contributed by atoms with Crippen LogP contribution < -0.4 is 10.8 Å². The third-order valence-corrected chi connectivity index (χ3v) is 5.49. The van der Waals surface area contributed by atoms with Crippen molar-refractivity contribution in [3.8, 4) is 11.3 Å². The fourth-order valence-electron chi connectivity index (χ4n) is 3.92. The first-order valence-electron chi connectivity index (χ1n) is 10.9. The van der Waals surface area contributed by atoms with Crippen LogP contribution in [0.15, 0.2) is 49.6 Å². The van der Waals surface area contributed by atoms with Crippen molar-refractivity contribution in [1.29, 1.82) is 0 Å². The van der Waals surface area contributed by atoms with Gasteiger partial charge in [0.2, 0.25) is 5.91 Å². The highest BCUT2D eigenvalue weighted by Gasteiger charge is 2.36. The van der Waals surface area contributed by atoms with Crippen LogP contribution in [0.4, 0.5) is 4.79 Å². The SMILES string of the molecule is [B]c1ccc(-c2nc(C3CCCN3C(=O)C(CC=C)NC(=O)OC)[nH]c2COCC=C)cc1. The number of carbonyl (C=O) groups is 2. The summed E-state index contributed by atoms with van der Waals surface area (Å²) in [4.78, 5) is 35.0. The van der Waals surface area contributed by atoms with Gasteiger partial charge in [0.05, 0.1) is 37.8 Å². The van der Waals surface area contributed by atoms with E-state index in [1.165, 1.54) is 7.11 Å². The van der Waals surface area contributed by atoms with E-state index in [0.29, 0.717) is 37.5 Å². The van der Waals surface area contributed by atoms with Gasteiger partial charge in [0.25, 0.3) is 0 Å². The molecule has 2 aromatic rings. The second-order valence-electron chi connectivity index (χ2n) is 7.78. The molecule has 172 valence electrons. The van der Waals surface area contributed by atoms with E-state index < -0.39 is 12.1 Å². The molecule has 2 unspecified atom stereocenters. The fourth-order valence-corrected chi connectivity index (χ4v) is 3.92. The first kappa shape index (κ1) is 24.3. The molecule has 0 bridgehead atoms. The molecule has 1 aromatic carbocycles. The minimum absolute atomic E-state index is 0.197. The van der Waals surface area contributed by atoms with Gasteiger partial charge in [-0.25, -0.2) is 9.78 Å². The number of alkyl carbamates (subject to hydrolysis) is 1. The van der Waals surface area contributed by atoms with Gasteiger partial charge >= 0.3 is 6.09 Å². The summed E-state index contributed by atoms with van der Waals surface area (Å²) in [5.41, 5.74) is 3.13. The molecular weight excluding hydrogens is 419 g/mol.